The Hall–Kier alpha value is -3.51. The third-order valence-electron chi connectivity index (χ3n) is 3.61. The maximum atomic E-state index is 12.2. The minimum absolute atomic E-state index is 0.320. The van der Waals surface area contributed by atoms with Crippen LogP contribution in [-0.2, 0) is 0 Å². The van der Waals surface area contributed by atoms with E-state index in [4.69, 9.17) is 11.6 Å². The quantitative estimate of drug-likeness (QED) is 0.524. The van der Waals surface area contributed by atoms with Crippen LogP contribution in [-0.4, -0.2) is 23.0 Å². The molecule has 0 fully saturated rings. The highest BCUT2D eigenvalue weighted by molar-refractivity contribution is 6.34. The van der Waals surface area contributed by atoms with E-state index in [0.29, 0.717) is 21.8 Å². The molecule has 0 radical (unpaired) electrons. The fourth-order valence-corrected chi connectivity index (χ4v) is 2.45. The van der Waals surface area contributed by atoms with E-state index in [-0.39, 0.29) is 11.8 Å². The lowest BCUT2D eigenvalue weighted by Gasteiger charge is -2.07. The molecule has 0 saturated carbocycles. The van der Waals surface area contributed by atoms with Gasteiger partial charge in [-0.25, -0.2) is 5.43 Å². The van der Waals surface area contributed by atoms with E-state index in [1.54, 1.807) is 73.1 Å². The number of hydrogen-bond acceptors (Lipinski definition) is 4. The van der Waals surface area contributed by atoms with Crippen molar-refractivity contribution in [1.82, 2.24) is 10.4 Å². The van der Waals surface area contributed by atoms with Gasteiger partial charge in [-0.05, 0) is 54.1 Å². The Morgan fingerprint density at radius 1 is 0.926 bits per heavy atom. The van der Waals surface area contributed by atoms with E-state index < -0.39 is 0 Å². The first kappa shape index (κ1) is 18.3. The SMILES string of the molecule is O=C(N/N=C/c1ccncc1)c1ccc(NC(=O)c2ccccc2Cl)cc1. The van der Waals surface area contributed by atoms with Gasteiger partial charge in [0.2, 0.25) is 0 Å². The van der Waals surface area contributed by atoms with Crippen LogP contribution in [0.2, 0.25) is 5.02 Å². The summed E-state index contributed by atoms with van der Waals surface area (Å²) in [4.78, 5) is 28.2. The van der Waals surface area contributed by atoms with Gasteiger partial charge >= 0.3 is 0 Å². The Balaban J connectivity index is 1.59. The summed E-state index contributed by atoms with van der Waals surface area (Å²) in [5, 5.41) is 7.01. The van der Waals surface area contributed by atoms with Gasteiger partial charge in [0.25, 0.3) is 11.8 Å². The molecule has 1 aromatic heterocycles. The second-order valence-corrected chi connectivity index (χ2v) is 5.90. The average molecular weight is 379 g/mol. The van der Waals surface area contributed by atoms with E-state index >= 15 is 0 Å². The molecule has 0 spiro atoms. The van der Waals surface area contributed by atoms with E-state index in [1.165, 1.54) is 6.21 Å². The van der Waals surface area contributed by atoms with E-state index in [2.05, 4.69) is 20.8 Å². The molecule has 2 amide bonds. The van der Waals surface area contributed by atoms with Gasteiger partial charge in [0.15, 0.2) is 0 Å². The number of nitrogens with one attached hydrogen (secondary N) is 2. The first-order chi connectivity index (χ1) is 13.1. The summed E-state index contributed by atoms with van der Waals surface area (Å²) >= 11 is 6.01. The lowest BCUT2D eigenvalue weighted by molar-refractivity contribution is 0.0954. The van der Waals surface area contributed by atoms with Crippen LogP contribution in [0.15, 0.2) is 78.2 Å². The molecule has 134 valence electrons. The van der Waals surface area contributed by atoms with Gasteiger partial charge < -0.3 is 5.32 Å². The van der Waals surface area contributed by atoms with Crippen LogP contribution in [0.4, 0.5) is 5.69 Å². The van der Waals surface area contributed by atoms with Crippen molar-refractivity contribution < 1.29 is 9.59 Å². The molecule has 3 aromatic rings. The molecule has 1 heterocycles. The maximum Gasteiger partial charge on any atom is 0.271 e. The number of hydrazone groups is 1. The summed E-state index contributed by atoms with van der Waals surface area (Å²) < 4.78 is 0. The monoisotopic (exact) mass is 378 g/mol. The molecule has 2 N–H and O–H groups in total. The van der Waals surface area contributed by atoms with Gasteiger partial charge in [0.1, 0.15) is 0 Å². The molecule has 0 saturated heterocycles. The van der Waals surface area contributed by atoms with Crippen molar-refractivity contribution in [1.29, 1.82) is 0 Å². The summed E-state index contributed by atoms with van der Waals surface area (Å²) in [5.74, 6) is -0.677. The van der Waals surface area contributed by atoms with Gasteiger partial charge in [-0.15, -0.1) is 0 Å². The normalized spacial score (nSPS) is 10.6. The third-order valence-corrected chi connectivity index (χ3v) is 3.94. The average Bonchev–Trinajstić information content (AvgIpc) is 2.69. The molecule has 7 heteroatoms. The molecular weight excluding hydrogens is 364 g/mol. The molecule has 2 aromatic carbocycles. The van der Waals surface area contributed by atoms with Crippen molar-refractivity contribution >= 4 is 35.3 Å². The van der Waals surface area contributed by atoms with Crippen LogP contribution < -0.4 is 10.7 Å². The Morgan fingerprint density at radius 2 is 1.63 bits per heavy atom. The summed E-state index contributed by atoms with van der Waals surface area (Å²) in [7, 11) is 0. The fourth-order valence-electron chi connectivity index (χ4n) is 2.23. The summed E-state index contributed by atoms with van der Waals surface area (Å²) in [6.07, 6.45) is 4.80. The highest BCUT2D eigenvalue weighted by Crippen LogP contribution is 2.17. The second-order valence-electron chi connectivity index (χ2n) is 5.49. The number of halogens is 1. The molecular formula is C20H15ClN4O2. The summed E-state index contributed by atoms with van der Waals surface area (Å²) in [6, 6.07) is 16.8. The van der Waals surface area contributed by atoms with Crippen LogP contribution >= 0.6 is 11.6 Å². The number of hydrogen-bond donors (Lipinski definition) is 2. The number of rotatable bonds is 5. The van der Waals surface area contributed by atoms with Crippen LogP contribution in [0.25, 0.3) is 0 Å². The van der Waals surface area contributed by atoms with Crippen LogP contribution in [0.5, 0.6) is 0 Å². The zero-order valence-corrected chi connectivity index (χ0v) is 14.9. The van der Waals surface area contributed by atoms with Crippen molar-refractivity contribution in [3.63, 3.8) is 0 Å². The largest absolute Gasteiger partial charge is 0.322 e. The first-order valence-electron chi connectivity index (χ1n) is 8.03. The number of pyridine rings is 1. The number of anilines is 1. The van der Waals surface area contributed by atoms with E-state index in [0.717, 1.165) is 5.56 Å². The molecule has 0 aliphatic carbocycles. The van der Waals surface area contributed by atoms with Crippen molar-refractivity contribution in [2.24, 2.45) is 5.10 Å². The minimum Gasteiger partial charge on any atom is -0.322 e. The maximum absolute atomic E-state index is 12.2. The predicted octanol–water partition coefficient (Wildman–Crippen LogP) is 3.75. The zero-order chi connectivity index (χ0) is 19.1. The van der Waals surface area contributed by atoms with Crippen LogP contribution in [0.3, 0.4) is 0 Å². The lowest BCUT2D eigenvalue weighted by atomic mass is 10.1. The summed E-state index contributed by atoms with van der Waals surface area (Å²) in [5.41, 5.74) is 4.62. The molecule has 0 aliphatic heterocycles. The van der Waals surface area contributed by atoms with Gasteiger partial charge in [-0.1, -0.05) is 23.7 Å². The topological polar surface area (TPSA) is 83.4 Å². The summed E-state index contributed by atoms with van der Waals surface area (Å²) in [6.45, 7) is 0. The Bertz CT molecular complexity index is 973. The molecule has 0 bridgehead atoms. The fraction of sp³-hybridized carbons (Fsp3) is 0. The number of nitrogens with zero attached hydrogens (tertiary/aromatic N) is 2. The number of amides is 2. The van der Waals surface area contributed by atoms with Crippen molar-refractivity contribution in [3.05, 3.63) is 94.8 Å². The predicted molar refractivity (Wildman–Crippen MR) is 105 cm³/mol. The van der Waals surface area contributed by atoms with Gasteiger partial charge in [-0.3, -0.25) is 14.6 Å². The molecule has 0 aliphatic rings. The standard InChI is InChI=1S/C20H15ClN4O2/c21-18-4-2-1-3-17(18)20(27)24-16-7-5-15(6-8-16)19(26)25-23-13-14-9-11-22-12-10-14/h1-13H,(H,24,27)(H,25,26)/b23-13+. The molecule has 0 atom stereocenters. The van der Waals surface area contributed by atoms with Crippen molar-refractivity contribution in [2.75, 3.05) is 5.32 Å². The molecule has 6 nitrogen and oxygen atoms in total. The van der Waals surface area contributed by atoms with Crippen LogP contribution in [0, 0.1) is 0 Å². The molecule has 3 rings (SSSR count). The van der Waals surface area contributed by atoms with Gasteiger partial charge in [-0.2, -0.15) is 5.10 Å². The Labute approximate surface area is 160 Å². The number of carbonyl (C=O) groups excluding carboxylic acids is 2. The number of carbonyl (C=O) groups is 2. The Morgan fingerprint density at radius 3 is 2.33 bits per heavy atom. The van der Waals surface area contributed by atoms with Crippen LogP contribution in [0.1, 0.15) is 26.3 Å². The highest BCUT2D eigenvalue weighted by Gasteiger charge is 2.10. The zero-order valence-electron chi connectivity index (χ0n) is 14.1. The Kier molecular flexibility index (Phi) is 5.91. The van der Waals surface area contributed by atoms with E-state index in [1.807, 2.05) is 0 Å². The minimum atomic E-state index is -0.357. The van der Waals surface area contributed by atoms with E-state index in [9.17, 15) is 9.59 Å². The molecule has 27 heavy (non-hydrogen) atoms. The smallest absolute Gasteiger partial charge is 0.271 e. The van der Waals surface area contributed by atoms with Crippen molar-refractivity contribution in [3.8, 4) is 0 Å². The van der Waals surface area contributed by atoms with Gasteiger partial charge in [0, 0.05) is 23.6 Å². The lowest BCUT2D eigenvalue weighted by Crippen LogP contribution is -2.18. The number of benzene rings is 2. The third kappa shape index (κ3) is 4.99. The second kappa shape index (κ2) is 8.73. The molecule has 0 unspecified atom stereocenters. The van der Waals surface area contributed by atoms with Gasteiger partial charge in [0.05, 0.1) is 16.8 Å². The first-order valence-corrected chi connectivity index (χ1v) is 8.40. The van der Waals surface area contributed by atoms with Crippen molar-refractivity contribution in [2.45, 2.75) is 0 Å². The number of aromatic nitrogens is 1. The highest BCUT2D eigenvalue weighted by atomic mass is 35.5.